The van der Waals surface area contributed by atoms with Gasteiger partial charge in [-0.05, 0) is 42.7 Å². The fraction of sp³-hybridized carbons (Fsp3) is 0.316. The molecule has 4 rings (SSSR count). The van der Waals surface area contributed by atoms with Crippen LogP contribution >= 0.6 is 0 Å². The summed E-state index contributed by atoms with van der Waals surface area (Å²) in [5, 5.41) is 0. The van der Waals surface area contributed by atoms with Crippen LogP contribution in [0, 0.1) is 0 Å². The van der Waals surface area contributed by atoms with Gasteiger partial charge in [0.2, 0.25) is 0 Å². The number of hydrogen-bond acceptors (Lipinski definition) is 3. The van der Waals surface area contributed by atoms with Crippen LogP contribution in [0.5, 0.6) is 5.75 Å². The lowest BCUT2D eigenvalue weighted by Crippen LogP contribution is -2.68. The Balaban J connectivity index is 1.74. The first kappa shape index (κ1) is 14.3. The van der Waals surface area contributed by atoms with Crippen LogP contribution in [0.25, 0.3) is 0 Å². The van der Waals surface area contributed by atoms with Crippen LogP contribution in [0.3, 0.4) is 0 Å². The molecule has 2 aromatic carbocycles. The summed E-state index contributed by atoms with van der Waals surface area (Å²) in [6.45, 7) is 0.658. The zero-order valence-electron chi connectivity index (χ0n) is 13.1. The van der Waals surface area contributed by atoms with Gasteiger partial charge >= 0.3 is 0 Å². The van der Waals surface area contributed by atoms with E-state index in [1.807, 2.05) is 47.4 Å². The molecule has 0 unspecified atom stereocenters. The molecule has 1 amide bonds. The third kappa shape index (κ3) is 2.05. The van der Waals surface area contributed by atoms with Gasteiger partial charge in [0.1, 0.15) is 11.8 Å². The third-order valence-corrected chi connectivity index (χ3v) is 4.80. The van der Waals surface area contributed by atoms with Gasteiger partial charge < -0.3 is 9.47 Å². The molecule has 2 atom stereocenters. The number of amides is 1. The van der Waals surface area contributed by atoms with Crippen molar-refractivity contribution in [2.75, 3.05) is 18.6 Å². The summed E-state index contributed by atoms with van der Waals surface area (Å²) in [6, 6.07) is 17.7. The van der Waals surface area contributed by atoms with Gasteiger partial charge in [0, 0.05) is 12.3 Å². The van der Waals surface area contributed by atoms with Gasteiger partial charge in [-0.3, -0.25) is 9.69 Å². The fourth-order valence-corrected chi connectivity index (χ4v) is 3.69. The summed E-state index contributed by atoms with van der Waals surface area (Å²) in [5.74, 6) is 0.846. The molecule has 0 aromatic heterocycles. The van der Waals surface area contributed by atoms with E-state index in [0.717, 1.165) is 29.8 Å². The van der Waals surface area contributed by atoms with Gasteiger partial charge in [0.15, 0.2) is 5.60 Å². The number of β-lactam (4-membered cyclic amide) rings is 1. The molecule has 1 spiro atoms. The molecule has 2 aromatic rings. The number of methoxy groups -OCH3 is 1. The summed E-state index contributed by atoms with van der Waals surface area (Å²) >= 11 is 0. The van der Waals surface area contributed by atoms with Crippen molar-refractivity contribution in [3.05, 3.63) is 60.2 Å². The predicted molar refractivity (Wildman–Crippen MR) is 87.6 cm³/mol. The minimum absolute atomic E-state index is 0.0629. The number of anilines is 1. The average molecular weight is 309 g/mol. The Morgan fingerprint density at radius 1 is 1.13 bits per heavy atom. The molecule has 0 saturated carbocycles. The van der Waals surface area contributed by atoms with E-state index >= 15 is 0 Å². The second kappa shape index (κ2) is 5.39. The highest BCUT2D eigenvalue weighted by molar-refractivity contribution is 6.08. The van der Waals surface area contributed by atoms with E-state index in [1.165, 1.54) is 0 Å². The van der Waals surface area contributed by atoms with E-state index in [1.54, 1.807) is 7.11 Å². The number of carbonyl (C=O) groups is 1. The smallest absolute Gasteiger partial charge is 0.262 e. The highest BCUT2D eigenvalue weighted by atomic mass is 16.5. The Morgan fingerprint density at radius 2 is 1.87 bits per heavy atom. The van der Waals surface area contributed by atoms with Gasteiger partial charge in [-0.15, -0.1) is 0 Å². The molecule has 4 heteroatoms. The molecular formula is C19H19NO3. The fourth-order valence-electron chi connectivity index (χ4n) is 3.69. The summed E-state index contributed by atoms with van der Waals surface area (Å²) in [5.41, 5.74) is 1.32. The van der Waals surface area contributed by atoms with Gasteiger partial charge in [0.25, 0.3) is 5.91 Å². The molecule has 4 nitrogen and oxygen atoms in total. The van der Waals surface area contributed by atoms with Gasteiger partial charge in [-0.1, -0.05) is 30.3 Å². The molecule has 0 radical (unpaired) electrons. The predicted octanol–water partition coefficient (Wildman–Crippen LogP) is 3.33. The molecule has 2 fully saturated rings. The Morgan fingerprint density at radius 3 is 2.48 bits per heavy atom. The molecule has 2 aliphatic rings. The first-order valence-electron chi connectivity index (χ1n) is 7.93. The van der Waals surface area contributed by atoms with Crippen molar-refractivity contribution in [3.8, 4) is 5.75 Å². The minimum Gasteiger partial charge on any atom is -0.497 e. The van der Waals surface area contributed by atoms with Crippen LogP contribution in [-0.2, 0) is 9.53 Å². The van der Waals surface area contributed by atoms with Crippen molar-refractivity contribution >= 4 is 11.6 Å². The van der Waals surface area contributed by atoms with Gasteiger partial charge in [-0.25, -0.2) is 0 Å². The van der Waals surface area contributed by atoms with Gasteiger partial charge in [0.05, 0.1) is 7.11 Å². The maximum Gasteiger partial charge on any atom is 0.262 e. The van der Waals surface area contributed by atoms with E-state index in [9.17, 15) is 4.79 Å². The lowest BCUT2D eigenvalue weighted by molar-refractivity contribution is -0.156. The van der Waals surface area contributed by atoms with Crippen LogP contribution in [0.1, 0.15) is 24.4 Å². The zero-order valence-corrected chi connectivity index (χ0v) is 13.1. The number of benzene rings is 2. The van der Waals surface area contributed by atoms with E-state index in [4.69, 9.17) is 9.47 Å². The first-order valence-corrected chi connectivity index (χ1v) is 7.93. The molecule has 0 aliphatic carbocycles. The third-order valence-electron chi connectivity index (χ3n) is 4.80. The number of nitrogens with zero attached hydrogens (tertiary/aromatic N) is 1. The summed E-state index contributed by atoms with van der Waals surface area (Å²) < 4.78 is 11.1. The summed E-state index contributed by atoms with van der Waals surface area (Å²) in [7, 11) is 1.64. The van der Waals surface area contributed by atoms with Crippen molar-refractivity contribution in [2.24, 2.45) is 0 Å². The zero-order chi connectivity index (χ0) is 15.9. The quantitative estimate of drug-likeness (QED) is 0.816. The molecular weight excluding hydrogens is 290 g/mol. The maximum atomic E-state index is 12.9. The van der Waals surface area contributed by atoms with Crippen LogP contribution < -0.4 is 9.64 Å². The highest BCUT2D eigenvalue weighted by Gasteiger charge is 2.64. The Labute approximate surface area is 135 Å². The van der Waals surface area contributed by atoms with Crippen LogP contribution in [0.15, 0.2) is 54.6 Å². The Kier molecular flexibility index (Phi) is 3.34. The van der Waals surface area contributed by atoms with Crippen LogP contribution in [0.4, 0.5) is 5.69 Å². The number of hydrogen-bond donors (Lipinski definition) is 0. The summed E-state index contributed by atoms with van der Waals surface area (Å²) in [4.78, 5) is 14.7. The summed E-state index contributed by atoms with van der Waals surface area (Å²) in [6.07, 6.45) is 1.73. The molecule has 0 bridgehead atoms. The monoisotopic (exact) mass is 309 g/mol. The minimum atomic E-state index is -0.679. The van der Waals surface area contributed by atoms with E-state index < -0.39 is 5.60 Å². The highest BCUT2D eigenvalue weighted by Crippen LogP contribution is 2.52. The molecule has 2 aliphatic heterocycles. The van der Waals surface area contributed by atoms with Crippen LogP contribution in [-0.4, -0.2) is 25.2 Å². The van der Waals surface area contributed by atoms with E-state index in [2.05, 4.69) is 12.1 Å². The average Bonchev–Trinajstić information content (AvgIpc) is 3.12. The van der Waals surface area contributed by atoms with Gasteiger partial charge in [-0.2, -0.15) is 0 Å². The largest absolute Gasteiger partial charge is 0.497 e. The van der Waals surface area contributed by atoms with Crippen molar-refractivity contribution in [1.82, 2.24) is 0 Å². The maximum absolute atomic E-state index is 12.9. The van der Waals surface area contributed by atoms with Crippen molar-refractivity contribution < 1.29 is 14.3 Å². The normalized spacial score (nSPS) is 26.4. The SMILES string of the molecule is COc1ccc(N2C(=O)[C@]3(CCCO3)[C@@H]2c2ccccc2)cc1. The molecule has 118 valence electrons. The Bertz CT molecular complexity index is 705. The van der Waals surface area contributed by atoms with E-state index in [0.29, 0.717) is 6.61 Å². The van der Waals surface area contributed by atoms with Crippen molar-refractivity contribution in [1.29, 1.82) is 0 Å². The number of rotatable bonds is 3. The standard InChI is InChI=1S/C19H19NO3/c1-22-16-10-8-15(9-11-16)20-17(14-6-3-2-4-7-14)19(18(20)21)12-5-13-23-19/h2-4,6-11,17H,5,12-13H2,1H3/t17-,19-/m0/s1. The van der Waals surface area contributed by atoms with Crippen molar-refractivity contribution in [2.45, 2.75) is 24.5 Å². The number of ether oxygens (including phenoxy) is 2. The molecule has 0 N–H and O–H groups in total. The molecule has 2 heterocycles. The van der Waals surface area contributed by atoms with E-state index in [-0.39, 0.29) is 11.9 Å². The lowest BCUT2D eigenvalue weighted by atomic mass is 9.75. The van der Waals surface area contributed by atoms with Crippen molar-refractivity contribution in [3.63, 3.8) is 0 Å². The Hall–Kier alpha value is -2.33. The molecule has 23 heavy (non-hydrogen) atoms. The first-order chi connectivity index (χ1) is 11.3. The second-order valence-corrected chi connectivity index (χ2v) is 6.03. The second-order valence-electron chi connectivity index (χ2n) is 6.03. The molecule has 2 saturated heterocycles. The lowest BCUT2D eigenvalue weighted by Gasteiger charge is -2.53. The topological polar surface area (TPSA) is 38.8 Å². The van der Waals surface area contributed by atoms with Crippen LogP contribution in [0.2, 0.25) is 0 Å². The number of carbonyl (C=O) groups excluding carboxylic acids is 1.